The first-order valence-corrected chi connectivity index (χ1v) is 6.14. The number of hydrogen-bond acceptors (Lipinski definition) is 4. The van der Waals surface area contributed by atoms with Crippen molar-refractivity contribution in [2.45, 2.75) is 6.54 Å². The van der Waals surface area contributed by atoms with Gasteiger partial charge < -0.3 is 15.2 Å². The van der Waals surface area contributed by atoms with E-state index >= 15 is 0 Å². The highest BCUT2D eigenvalue weighted by molar-refractivity contribution is 6.34. The van der Waals surface area contributed by atoms with Crippen LogP contribution < -0.4 is 15.2 Å². The van der Waals surface area contributed by atoms with E-state index in [9.17, 15) is 0 Å². The van der Waals surface area contributed by atoms with Gasteiger partial charge in [-0.1, -0.05) is 11.6 Å². The number of benzene rings is 1. The summed E-state index contributed by atoms with van der Waals surface area (Å²) in [6.07, 6.45) is 3.49. The molecule has 2 N–H and O–H groups in total. The molecule has 0 radical (unpaired) electrons. The Balaban J connectivity index is 2.58. The van der Waals surface area contributed by atoms with Crippen LogP contribution in [0.3, 0.4) is 0 Å². The topological polar surface area (TPSA) is 57.4 Å². The second-order valence-corrected chi connectivity index (χ2v) is 4.33. The maximum absolute atomic E-state index is 6.24. The van der Waals surface area contributed by atoms with E-state index in [0.29, 0.717) is 23.1 Å². The molecule has 0 spiro atoms. The Morgan fingerprint density at radius 2 is 2.00 bits per heavy atom. The van der Waals surface area contributed by atoms with Gasteiger partial charge in [-0.15, -0.1) is 0 Å². The SMILES string of the molecule is COc1ccc(-c2cncc(CN)c2)c(OC)c1Cl. The molecule has 5 heteroatoms. The van der Waals surface area contributed by atoms with Crippen molar-refractivity contribution in [3.8, 4) is 22.6 Å². The quantitative estimate of drug-likeness (QED) is 0.934. The van der Waals surface area contributed by atoms with Gasteiger partial charge in [0.15, 0.2) is 0 Å². The molecule has 0 fully saturated rings. The van der Waals surface area contributed by atoms with Crippen molar-refractivity contribution < 1.29 is 9.47 Å². The van der Waals surface area contributed by atoms with E-state index in [1.807, 2.05) is 12.1 Å². The van der Waals surface area contributed by atoms with E-state index in [1.54, 1.807) is 32.7 Å². The van der Waals surface area contributed by atoms with Crippen LogP contribution in [0, 0.1) is 0 Å². The van der Waals surface area contributed by atoms with Gasteiger partial charge in [0.05, 0.1) is 14.2 Å². The first-order chi connectivity index (χ1) is 9.21. The summed E-state index contributed by atoms with van der Waals surface area (Å²) >= 11 is 6.24. The molecule has 0 bridgehead atoms. The Kier molecular flexibility index (Phi) is 4.24. The molecule has 0 aliphatic rings. The molecular weight excluding hydrogens is 264 g/mol. The van der Waals surface area contributed by atoms with Crippen LogP contribution >= 0.6 is 11.6 Å². The molecule has 4 nitrogen and oxygen atoms in total. The second kappa shape index (κ2) is 5.91. The normalized spacial score (nSPS) is 10.3. The van der Waals surface area contributed by atoms with Crippen molar-refractivity contribution in [3.63, 3.8) is 0 Å². The fraction of sp³-hybridized carbons (Fsp3) is 0.214. The van der Waals surface area contributed by atoms with E-state index in [1.165, 1.54) is 0 Å². The number of hydrogen-bond donors (Lipinski definition) is 1. The van der Waals surface area contributed by atoms with E-state index in [0.717, 1.165) is 16.7 Å². The molecule has 0 amide bonds. The standard InChI is InChI=1S/C14H15ClN2O2/c1-18-12-4-3-11(14(19-2)13(12)15)10-5-9(6-16)7-17-8-10/h3-5,7-8H,6,16H2,1-2H3. The monoisotopic (exact) mass is 278 g/mol. The molecule has 0 saturated carbocycles. The van der Waals surface area contributed by atoms with Crippen molar-refractivity contribution in [1.82, 2.24) is 4.98 Å². The number of ether oxygens (including phenoxy) is 2. The molecule has 19 heavy (non-hydrogen) atoms. The zero-order valence-electron chi connectivity index (χ0n) is 10.8. The third-order valence-corrected chi connectivity index (χ3v) is 3.19. The molecule has 1 heterocycles. The molecule has 1 aromatic carbocycles. The number of pyridine rings is 1. The molecule has 0 atom stereocenters. The Labute approximate surface area is 117 Å². The van der Waals surface area contributed by atoms with Crippen molar-refractivity contribution in [1.29, 1.82) is 0 Å². The summed E-state index contributed by atoms with van der Waals surface area (Å²) in [5.74, 6) is 1.14. The Morgan fingerprint density at radius 3 is 2.63 bits per heavy atom. The third-order valence-electron chi connectivity index (χ3n) is 2.83. The summed E-state index contributed by atoms with van der Waals surface area (Å²) in [6, 6.07) is 5.66. The molecule has 0 saturated heterocycles. The smallest absolute Gasteiger partial charge is 0.149 e. The van der Waals surface area contributed by atoms with E-state index in [-0.39, 0.29) is 0 Å². The summed E-state index contributed by atoms with van der Waals surface area (Å²) in [5, 5.41) is 0.445. The Hall–Kier alpha value is -1.78. The summed E-state index contributed by atoms with van der Waals surface area (Å²) < 4.78 is 10.6. The van der Waals surface area contributed by atoms with Gasteiger partial charge in [-0.05, 0) is 23.8 Å². The van der Waals surface area contributed by atoms with E-state index in [2.05, 4.69) is 4.98 Å². The molecule has 2 aromatic rings. The number of aromatic nitrogens is 1. The van der Waals surface area contributed by atoms with Crippen LogP contribution in [-0.2, 0) is 6.54 Å². The Bertz CT molecular complexity index is 588. The Morgan fingerprint density at radius 1 is 1.21 bits per heavy atom. The fourth-order valence-corrected chi connectivity index (χ4v) is 2.19. The average molecular weight is 279 g/mol. The summed E-state index contributed by atoms with van der Waals surface area (Å²) in [7, 11) is 3.14. The maximum atomic E-state index is 6.24. The van der Waals surface area contributed by atoms with Crippen LogP contribution in [-0.4, -0.2) is 19.2 Å². The molecule has 0 unspecified atom stereocenters. The van der Waals surface area contributed by atoms with Crippen LogP contribution in [0.2, 0.25) is 5.02 Å². The number of halogens is 1. The summed E-state index contributed by atoms with van der Waals surface area (Å²) in [5.41, 5.74) is 8.34. The number of nitrogens with zero attached hydrogens (tertiary/aromatic N) is 1. The van der Waals surface area contributed by atoms with Gasteiger partial charge in [-0.2, -0.15) is 0 Å². The van der Waals surface area contributed by atoms with Crippen molar-refractivity contribution >= 4 is 11.6 Å². The molecule has 100 valence electrons. The van der Waals surface area contributed by atoms with Crippen LogP contribution in [0.15, 0.2) is 30.6 Å². The van der Waals surface area contributed by atoms with Crippen LogP contribution in [0.1, 0.15) is 5.56 Å². The highest BCUT2D eigenvalue weighted by Gasteiger charge is 2.14. The minimum atomic E-state index is 0.438. The minimum Gasteiger partial charge on any atom is -0.495 e. The minimum absolute atomic E-state index is 0.438. The van der Waals surface area contributed by atoms with Crippen molar-refractivity contribution in [2.24, 2.45) is 5.73 Å². The fourth-order valence-electron chi connectivity index (χ4n) is 1.87. The maximum Gasteiger partial charge on any atom is 0.149 e. The molecule has 0 aliphatic carbocycles. The first kappa shape index (κ1) is 13.6. The van der Waals surface area contributed by atoms with Gasteiger partial charge in [0.2, 0.25) is 0 Å². The van der Waals surface area contributed by atoms with Crippen molar-refractivity contribution in [2.75, 3.05) is 14.2 Å². The van der Waals surface area contributed by atoms with Gasteiger partial charge in [0.1, 0.15) is 16.5 Å². The van der Waals surface area contributed by atoms with Crippen molar-refractivity contribution in [3.05, 3.63) is 41.2 Å². The van der Waals surface area contributed by atoms with Crippen LogP contribution in [0.5, 0.6) is 11.5 Å². The lowest BCUT2D eigenvalue weighted by molar-refractivity contribution is 0.396. The molecule has 2 rings (SSSR count). The largest absolute Gasteiger partial charge is 0.495 e. The third kappa shape index (κ3) is 2.64. The predicted octanol–water partition coefficient (Wildman–Crippen LogP) is 2.88. The number of methoxy groups -OCH3 is 2. The highest BCUT2D eigenvalue weighted by atomic mass is 35.5. The van der Waals surface area contributed by atoms with Gasteiger partial charge >= 0.3 is 0 Å². The van der Waals surface area contributed by atoms with Gasteiger partial charge in [0, 0.05) is 30.1 Å². The lowest BCUT2D eigenvalue weighted by Gasteiger charge is -2.13. The molecule has 1 aromatic heterocycles. The summed E-state index contributed by atoms with van der Waals surface area (Å²) in [4.78, 5) is 4.17. The second-order valence-electron chi connectivity index (χ2n) is 3.95. The number of nitrogens with two attached hydrogens (primary N) is 1. The van der Waals surface area contributed by atoms with Gasteiger partial charge in [-0.25, -0.2) is 0 Å². The van der Waals surface area contributed by atoms with Crippen LogP contribution in [0.4, 0.5) is 0 Å². The van der Waals surface area contributed by atoms with Gasteiger partial charge in [0.25, 0.3) is 0 Å². The highest BCUT2D eigenvalue weighted by Crippen LogP contribution is 2.41. The predicted molar refractivity (Wildman–Crippen MR) is 75.7 cm³/mol. The first-order valence-electron chi connectivity index (χ1n) is 5.76. The lowest BCUT2D eigenvalue weighted by Crippen LogP contribution is -1.98. The average Bonchev–Trinajstić information content (AvgIpc) is 2.47. The molecular formula is C14H15ClN2O2. The van der Waals surface area contributed by atoms with E-state index in [4.69, 9.17) is 26.8 Å². The number of rotatable bonds is 4. The van der Waals surface area contributed by atoms with Crippen LogP contribution in [0.25, 0.3) is 11.1 Å². The zero-order valence-corrected chi connectivity index (χ0v) is 11.6. The zero-order chi connectivity index (χ0) is 13.8. The van der Waals surface area contributed by atoms with Gasteiger partial charge in [-0.3, -0.25) is 4.98 Å². The molecule has 0 aliphatic heterocycles. The lowest BCUT2D eigenvalue weighted by atomic mass is 10.0. The van der Waals surface area contributed by atoms with E-state index < -0.39 is 0 Å². The summed E-state index contributed by atoms with van der Waals surface area (Å²) in [6.45, 7) is 0.438.